The number of carbonyl (C=O) groups excluding carboxylic acids is 2. The van der Waals surface area contributed by atoms with Gasteiger partial charge in [-0.2, -0.15) is 0 Å². The first-order valence-corrected chi connectivity index (χ1v) is 53.1. The summed E-state index contributed by atoms with van der Waals surface area (Å²) in [7, 11) is 0. The molecule has 14 atom stereocenters. The third kappa shape index (κ3) is 45.4. The van der Waals surface area contributed by atoms with Crippen LogP contribution in [0.15, 0.2) is 48.5 Å². The predicted octanol–water partition coefficient (Wildman–Crippen LogP) is 27.7. The summed E-state index contributed by atoms with van der Waals surface area (Å²) in [4.78, 5) is 34.0. The molecule has 0 spiro atoms. The monoisotopic (exact) mass is 2000 g/mol. The van der Waals surface area contributed by atoms with Gasteiger partial charge in [-0.15, -0.1) is 8.78 Å². The van der Waals surface area contributed by atoms with Crippen LogP contribution in [0.1, 0.15) is 403 Å². The van der Waals surface area contributed by atoms with Crippen LogP contribution in [-0.2, 0) is 92.8 Å². The van der Waals surface area contributed by atoms with Crippen LogP contribution in [0.2, 0.25) is 0 Å². The molecule has 0 bridgehead atoms. The third-order valence-corrected chi connectivity index (χ3v) is 25.8. The SMILES string of the molecule is CC(C)(C)C1NCCNC(=O)C1C(C)(C)C.CC(C)(C)C1OC(F)(F)OC1C(C)(C)C.CC(C)(C)C1OCCCOC1C(C)(C)C.CC(C)(C)C1OCCNC(=O)C1C(C)(C)C.CC(C)(C)C1OCCOC1C(C)(C)C.CC(C)(C)C1OCCOCCOCCOC1C(C)(C)C.CC(C)(C)C1OCOC1C(C)(C)C.CC(C)(C)c1ccccc1C(C)(C)C.CC(C)(C)c1nc2ccccc2nc1C(C)(C)C. The summed E-state index contributed by atoms with van der Waals surface area (Å²) in [6.07, 6.45) is -2.34. The quantitative estimate of drug-likeness (QED) is 0.191. The van der Waals surface area contributed by atoms with Gasteiger partial charge in [-0.05, 0) is 116 Å². The minimum absolute atomic E-state index is 0.0135. The second-order valence-corrected chi connectivity index (χ2v) is 59.5. The molecule has 2 aromatic carbocycles. The number of fused-ring (bicyclic) bond motifs is 1. The van der Waals surface area contributed by atoms with Crippen molar-refractivity contribution in [2.75, 3.05) is 99.1 Å². The number of benzene rings is 2. The van der Waals surface area contributed by atoms with Gasteiger partial charge in [-0.25, -0.2) is 9.97 Å². The number of halogens is 2. The summed E-state index contributed by atoms with van der Waals surface area (Å²) < 4.78 is 99.6. The molecule has 14 unspecified atom stereocenters. The van der Waals surface area contributed by atoms with Crippen molar-refractivity contribution in [3.05, 3.63) is 71.0 Å². The third-order valence-electron chi connectivity index (χ3n) is 25.8. The van der Waals surface area contributed by atoms with E-state index in [0.29, 0.717) is 59.6 Å². The van der Waals surface area contributed by atoms with E-state index >= 15 is 0 Å². The first kappa shape index (κ1) is 133. The Kier molecular flexibility index (Phi) is 49.2. The minimum atomic E-state index is -3.45. The van der Waals surface area contributed by atoms with E-state index in [4.69, 9.17) is 71.5 Å². The molecule has 20 nitrogen and oxygen atoms in total. The van der Waals surface area contributed by atoms with Crippen molar-refractivity contribution < 1.29 is 79.9 Å². The number of aromatic nitrogens is 2. The molecular formula is C119H219F2N5O15. The topological polar surface area (TPSA) is 216 Å². The fourth-order valence-electron chi connectivity index (χ4n) is 18.5. The van der Waals surface area contributed by atoms with Gasteiger partial charge in [0.15, 0.2) is 0 Å². The van der Waals surface area contributed by atoms with Gasteiger partial charge < -0.3 is 68.1 Å². The van der Waals surface area contributed by atoms with Crippen LogP contribution in [0, 0.1) is 87.6 Å². The molecule has 7 fully saturated rings. The average Bonchev–Trinajstić information content (AvgIpc) is 1.30. The summed E-state index contributed by atoms with van der Waals surface area (Å²) >= 11 is 0. The summed E-state index contributed by atoms with van der Waals surface area (Å²) in [6, 6.07) is 17.1. The lowest BCUT2D eigenvalue weighted by Crippen LogP contribution is -2.52. The van der Waals surface area contributed by atoms with E-state index < -0.39 is 18.5 Å². The summed E-state index contributed by atoms with van der Waals surface area (Å²) in [5, 5.41) is 9.47. The van der Waals surface area contributed by atoms with Gasteiger partial charge in [-0.3, -0.25) is 19.1 Å². The maximum absolute atomic E-state index is 13.1. The Balaban J connectivity index is 0.000000538. The summed E-state index contributed by atoms with van der Waals surface area (Å²) in [6.45, 7) is 127. The molecule has 7 aliphatic rings. The Morgan fingerprint density at radius 3 is 0.780 bits per heavy atom. The summed E-state index contributed by atoms with van der Waals surface area (Å²) in [5.41, 5.74) is 7.82. The van der Waals surface area contributed by atoms with E-state index in [0.717, 1.165) is 68.4 Å². The summed E-state index contributed by atoms with van der Waals surface area (Å²) in [5.74, 6) is 0.257. The number of amides is 2. The van der Waals surface area contributed by atoms with Crippen molar-refractivity contribution in [2.45, 2.75) is 481 Å². The van der Waals surface area contributed by atoms with Crippen LogP contribution >= 0.6 is 0 Å². The van der Waals surface area contributed by atoms with Crippen LogP contribution in [0.4, 0.5) is 8.78 Å². The minimum Gasteiger partial charge on any atom is -0.377 e. The highest BCUT2D eigenvalue weighted by Crippen LogP contribution is 2.49. The number of nitrogens with one attached hydrogen (secondary N) is 3. The van der Waals surface area contributed by atoms with Crippen molar-refractivity contribution in [1.29, 1.82) is 0 Å². The maximum Gasteiger partial charge on any atom is 0.486 e. The van der Waals surface area contributed by atoms with Gasteiger partial charge in [0.2, 0.25) is 11.8 Å². The molecule has 0 radical (unpaired) electrons. The molecule has 2 amide bonds. The molecule has 7 saturated heterocycles. The van der Waals surface area contributed by atoms with Crippen LogP contribution in [-0.4, -0.2) is 200 Å². The molecule has 22 heteroatoms. The van der Waals surface area contributed by atoms with Gasteiger partial charge >= 0.3 is 6.29 Å². The standard InChI is InChI=1S/C16H22N2.C16H32O4.C14H22.C13H26N2O.C13H25NO2.C13H26O2.C12H24O2.C11H20F2O2.C11H22O2/c1-15(2,3)13-14(16(4,5)6)18-12-10-8-7-9-11(12)17-13;1-15(2,3)13-14(16(4,5)6)20-12-10-18-8-7-17-9-11-19-13;1-13(2,3)11-9-7-8-10-12(11)14(4,5)6;1-12(2,3)9-10(13(4,5)6)14-7-8-15-11(9)16;1-12(2,3)9-10(13(4,5)6)16-8-7-14-11(9)15;1-12(2,3)10-11(13(4,5)6)15-9-7-8-14-10;1-11(2,3)9-10(12(4,5)6)14-8-7-13-9;1-9(2,3)7-8(10(4,5)6)15-11(12,13)14-7;1-10(2,3)8-9(11(4,5)6)13-7-12-8/h7-10H,1-6H3;13-14H,7-12H2,1-6H3;7-10H,1-6H3;9-10,14H,7-8H2,1-6H3,(H,15,16);9-10H,7-8H2,1-6H3,(H,14,15);10-11H,7-9H2,1-6H3;9-10H,7-8H2,1-6H3;7-8H,1-6H3;8-9H,7H2,1-6H3. The zero-order valence-corrected chi connectivity index (χ0v) is 101. The smallest absolute Gasteiger partial charge is 0.377 e. The zero-order valence-electron chi connectivity index (χ0n) is 101. The van der Waals surface area contributed by atoms with Gasteiger partial charge in [0.05, 0.1) is 161 Å². The first-order chi connectivity index (χ1) is 63.0. The molecule has 10 rings (SSSR count). The van der Waals surface area contributed by atoms with Crippen molar-refractivity contribution >= 4 is 22.8 Å². The van der Waals surface area contributed by atoms with Crippen LogP contribution in [0.3, 0.4) is 0 Å². The Hall–Kier alpha value is -3.98. The number of alkyl halides is 2. The van der Waals surface area contributed by atoms with Crippen LogP contribution < -0.4 is 16.0 Å². The highest BCUT2D eigenvalue weighted by Gasteiger charge is 2.58. The molecule has 0 saturated carbocycles. The number of para-hydroxylation sites is 2. The number of rotatable bonds is 0. The lowest BCUT2D eigenvalue weighted by molar-refractivity contribution is -0.357. The van der Waals surface area contributed by atoms with E-state index in [-0.39, 0.29) is 182 Å². The second-order valence-electron chi connectivity index (χ2n) is 59.5. The molecule has 8 heterocycles. The normalized spacial score (nSPS) is 25.9. The number of hydrogen-bond acceptors (Lipinski definition) is 18. The van der Waals surface area contributed by atoms with Gasteiger partial charge in [0.1, 0.15) is 6.79 Å². The van der Waals surface area contributed by atoms with E-state index in [9.17, 15) is 18.4 Å². The highest BCUT2D eigenvalue weighted by atomic mass is 19.3. The van der Waals surface area contributed by atoms with Gasteiger partial charge in [0, 0.05) is 49.7 Å². The van der Waals surface area contributed by atoms with E-state index in [1.54, 1.807) is 0 Å². The lowest BCUT2D eigenvalue weighted by Gasteiger charge is -2.45. The molecule has 3 N–H and O–H groups in total. The number of ether oxygens (including phenoxy) is 13. The van der Waals surface area contributed by atoms with Crippen molar-refractivity contribution in [2.24, 2.45) is 87.6 Å². The molecule has 0 aliphatic carbocycles. The predicted molar refractivity (Wildman–Crippen MR) is 582 cm³/mol. The van der Waals surface area contributed by atoms with Crippen LogP contribution in [0.5, 0.6) is 0 Å². The molecule has 141 heavy (non-hydrogen) atoms. The zero-order chi connectivity index (χ0) is 110. The Morgan fingerprint density at radius 1 is 0.262 bits per heavy atom. The highest BCUT2D eigenvalue weighted by molar-refractivity contribution is 5.81. The number of hydrogen-bond donors (Lipinski definition) is 3. The Morgan fingerprint density at radius 2 is 0.511 bits per heavy atom. The Labute approximate surface area is 863 Å². The molecular weight excluding hydrogens is 1780 g/mol. The van der Waals surface area contributed by atoms with Crippen molar-refractivity contribution in [3.63, 3.8) is 0 Å². The lowest BCUT2D eigenvalue weighted by atomic mass is 9.68. The number of nitrogens with zero attached hydrogens (tertiary/aromatic N) is 2. The fourth-order valence-corrected chi connectivity index (χ4v) is 18.5. The molecule has 1 aromatic heterocycles. The van der Waals surface area contributed by atoms with Crippen LogP contribution in [0.25, 0.3) is 11.0 Å². The van der Waals surface area contributed by atoms with Crippen molar-refractivity contribution in [1.82, 2.24) is 25.9 Å². The molecule has 824 valence electrons. The van der Waals surface area contributed by atoms with Gasteiger partial charge in [0.25, 0.3) is 0 Å². The van der Waals surface area contributed by atoms with E-state index in [2.05, 4.69) is 373 Å². The largest absolute Gasteiger partial charge is 0.486 e. The first-order valence-electron chi connectivity index (χ1n) is 53.1. The number of carbonyl (C=O) groups is 2. The van der Waals surface area contributed by atoms with E-state index in [1.165, 1.54) is 11.1 Å². The Bertz CT molecular complexity index is 3830. The maximum atomic E-state index is 13.1. The average molecular weight is 2000 g/mol. The molecule has 7 aliphatic heterocycles. The second kappa shape index (κ2) is 52.2. The van der Waals surface area contributed by atoms with E-state index in [1.807, 2.05) is 65.8 Å². The van der Waals surface area contributed by atoms with Gasteiger partial charge in [-0.1, -0.05) is 410 Å². The fraction of sp³-hybridized carbons (Fsp3) is 0.866. The van der Waals surface area contributed by atoms with Crippen molar-refractivity contribution in [3.8, 4) is 0 Å². The molecule has 3 aromatic rings.